The normalized spacial score (nSPS) is 11.7. The van der Waals surface area contributed by atoms with Crippen molar-refractivity contribution in [2.75, 3.05) is 11.6 Å². The molecule has 0 saturated heterocycles. The van der Waals surface area contributed by atoms with Gasteiger partial charge in [0, 0.05) is 40.2 Å². The van der Waals surface area contributed by atoms with Crippen LogP contribution >= 0.6 is 11.3 Å². The molecule has 0 spiro atoms. The highest BCUT2D eigenvalue weighted by molar-refractivity contribution is 7.90. The van der Waals surface area contributed by atoms with E-state index in [9.17, 15) is 8.42 Å². The van der Waals surface area contributed by atoms with Crippen LogP contribution in [0.25, 0.3) is 22.2 Å². The maximum Gasteiger partial charge on any atom is 0.175 e. The lowest BCUT2D eigenvalue weighted by Crippen LogP contribution is -1.99. The summed E-state index contributed by atoms with van der Waals surface area (Å²) < 4.78 is 23.5. The molecule has 0 amide bonds. The van der Waals surface area contributed by atoms with Gasteiger partial charge in [-0.2, -0.15) is 11.3 Å². The molecule has 2 N–H and O–H groups in total. The van der Waals surface area contributed by atoms with Crippen molar-refractivity contribution in [3.8, 4) is 11.3 Å². The summed E-state index contributed by atoms with van der Waals surface area (Å²) in [5, 5.41) is 8.30. The molecule has 0 aliphatic carbocycles. The predicted molar refractivity (Wildman–Crippen MR) is 102 cm³/mol. The molecule has 0 saturated carbocycles. The molecular weight excluding hydrogens is 354 g/mol. The minimum Gasteiger partial charge on any atom is -0.354 e. The number of benzene rings is 1. The van der Waals surface area contributed by atoms with Crippen molar-refractivity contribution in [2.24, 2.45) is 0 Å². The highest BCUT2D eigenvalue weighted by Crippen LogP contribution is 2.30. The number of fused-ring (bicyclic) bond motifs is 1. The van der Waals surface area contributed by atoms with Gasteiger partial charge in [-0.3, -0.25) is 0 Å². The van der Waals surface area contributed by atoms with Gasteiger partial charge < -0.3 is 10.3 Å². The predicted octanol–water partition coefficient (Wildman–Crippen LogP) is 4.44. The lowest BCUT2D eigenvalue weighted by Gasteiger charge is -2.08. The fraction of sp³-hybridized carbons (Fsp3) is 0.0556. The van der Waals surface area contributed by atoms with Gasteiger partial charge in [-0.25, -0.2) is 13.4 Å². The Morgan fingerprint density at radius 1 is 1.16 bits per heavy atom. The maximum absolute atomic E-state index is 11.7. The summed E-state index contributed by atoms with van der Waals surface area (Å²) in [4.78, 5) is 8.08. The van der Waals surface area contributed by atoms with Crippen LogP contribution in [0.4, 0.5) is 11.5 Å². The quantitative estimate of drug-likeness (QED) is 0.558. The number of nitrogens with one attached hydrogen (secondary N) is 2. The van der Waals surface area contributed by atoms with Crippen molar-refractivity contribution in [1.82, 2.24) is 9.97 Å². The first-order chi connectivity index (χ1) is 12.0. The van der Waals surface area contributed by atoms with Crippen molar-refractivity contribution < 1.29 is 8.42 Å². The maximum atomic E-state index is 11.7. The lowest BCUT2D eigenvalue weighted by atomic mass is 10.2. The number of aromatic nitrogens is 2. The Morgan fingerprint density at radius 3 is 2.80 bits per heavy atom. The SMILES string of the molecule is CS(=O)(=O)c1cccc(Nc2nccc3[nH]c(-c4ccsc4)cc23)c1. The largest absolute Gasteiger partial charge is 0.354 e. The van der Waals surface area contributed by atoms with Crippen LogP contribution in [0.1, 0.15) is 0 Å². The van der Waals surface area contributed by atoms with Crippen LogP contribution in [0.15, 0.2) is 64.3 Å². The van der Waals surface area contributed by atoms with E-state index in [1.54, 1.807) is 35.7 Å². The summed E-state index contributed by atoms with van der Waals surface area (Å²) in [6.07, 6.45) is 2.92. The number of anilines is 2. The summed E-state index contributed by atoms with van der Waals surface area (Å²) in [7, 11) is -3.25. The average Bonchev–Trinajstić information content (AvgIpc) is 3.24. The minimum atomic E-state index is -3.25. The zero-order chi connectivity index (χ0) is 17.4. The number of nitrogens with zero attached hydrogens (tertiary/aromatic N) is 1. The molecule has 0 bridgehead atoms. The number of sulfone groups is 1. The van der Waals surface area contributed by atoms with Gasteiger partial charge in [-0.1, -0.05) is 6.07 Å². The molecule has 3 aromatic heterocycles. The van der Waals surface area contributed by atoms with E-state index in [1.807, 2.05) is 23.6 Å². The van der Waals surface area contributed by atoms with Crippen molar-refractivity contribution in [2.45, 2.75) is 4.90 Å². The molecule has 3 heterocycles. The molecule has 7 heteroatoms. The summed E-state index contributed by atoms with van der Waals surface area (Å²) in [6.45, 7) is 0. The molecule has 126 valence electrons. The van der Waals surface area contributed by atoms with Crippen LogP contribution < -0.4 is 5.32 Å². The second-order valence-electron chi connectivity index (χ2n) is 5.74. The molecule has 5 nitrogen and oxygen atoms in total. The van der Waals surface area contributed by atoms with E-state index in [-0.39, 0.29) is 4.90 Å². The molecule has 0 radical (unpaired) electrons. The monoisotopic (exact) mass is 369 g/mol. The van der Waals surface area contributed by atoms with Crippen LogP contribution in [0.5, 0.6) is 0 Å². The van der Waals surface area contributed by atoms with Gasteiger partial charge in [0.15, 0.2) is 9.84 Å². The van der Waals surface area contributed by atoms with Gasteiger partial charge in [0.1, 0.15) is 5.82 Å². The van der Waals surface area contributed by atoms with Crippen LogP contribution in [0, 0.1) is 0 Å². The summed E-state index contributed by atoms with van der Waals surface area (Å²) in [5.41, 5.74) is 3.81. The number of pyridine rings is 1. The second kappa shape index (κ2) is 6.02. The smallest absolute Gasteiger partial charge is 0.175 e. The number of rotatable bonds is 4. The third kappa shape index (κ3) is 3.16. The molecule has 0 aliphatic heterocycles. The van der Waals surface area contributed by atoms with E-state index in [4.69, 9.17) is 0 Å². The Balaban J connectivity index is 1.75. The second-order valence-corrected chi connectivity index (χ2v) is 8.54. The van der Waals surface area contributed by atoms with E-state index in [1.165, 1.54) is 6.26 Å². The highest BCUT2D eigenvalue weighted by Gasteiger charge is 2.11. The van der Waals surface area contributed by atoms with Crippen LogP contribution in [0.2, 0.25) is 0 Å². The number of thiophene rings is 1. The molecular formula is C18H15N3O2S2. The first-order valence-corrected chi connectivity index (χ1v) is 10.4. The topological polar surface area (TPSA) is 74.8 Å². The van der Waals surface area contributed by atoms with Crippen LogP contribution in [-0.2, 0) is 9.84 Å². The highest BCUT2D eigenvalue weighted by atomic mass is 32.2. The molecule has 4 rings (SSSR count). The Bertz CT molecular complexity index is 1150. The zero-order valence-electron chi connectivity index (χ0n) is 13.4. The molecule has 4 aromatic rings. The summed E-state index contributed by atoms with van der Waals surface area (Å²) >= 11 is 1.65. The van der Waals surface area contributed by atoms with E-state index in [0.717, 1.165) is 22.2 Å². The fourth-order valence-corrected chi connectivity index (χ4v) is 3.99. The van der Waals surface area contributed by atoms with Crippen LogP contribution in [-0.4, -0.2) is 24.6 Å². The number of hydrogen-bond donors (Lipinski definition) is 2. The first kappa shape index (κ1) is 15.9. The van der Waals surface area contributed by atoms with E-state index < -0.39 is 9.84 Å². The number of aromatic amines is 1. The van der Waals surface area contributed by atoms with Crippen molar-refractivity contribution in [1.29, 1.82) is 0 Å². The summed E-state index contributed by atoms with van der Waals surface area (Å²) in [5.74, 6) is 0.681. The lowest BCUT2D eigenvalue weighted by molar-refractivity contribution is 0.602. The van der Waals surface area contributed by atoms with E-state index >= 15 is 0 Å². The molecule has 25 heavy (non-hydrogen) atoms. The van der Waals surface area contributed by atoms with E-state index in [2.05, 4.69) is 26.7 Å². The van der Waals surface area contributed by atoms with Gasteiger partial charge in [0.05, 0.1) is 10.4 Å². The Morgan fingerprint density at radius 2 is 2.04 bits per heavy atom. The zero-order valence-corrected chi connectivity index (χ0v) is 15.0. The molecule has 0 fully saturated rings. The fourth-order valence-electron chi connectivity index (χ4n) is 2.67. The van der Waals surface area contributed by atoms with Gasteiger partial charge >= 0.3 is 0 Å². The van der Waals surface area contributed by atoms with Crippen molar-refractivity contribution >= 4 is 43.6 Å². The first-order valence-electron chi connectivity index (χ1n) is 7.58. The van der Waals surface area contributed by atoms with Gasteiger partial charge in [0.25, 0.3) is 0 Å². The molecule has 0 unspecified atom stereocenters. The van der Waals surface area contributed by atoms with Gasteiger partial charge in [-0.15, -0.1) is 0 Å². The molecule has 0 aliphatic rings. The Labute approximate surface area is 149 Å². The third-order valence-corrected chi connectivity index (χ3v) is 5.70. The Kier molecular flexibility index (Phi) is 3.82. The number of hydrogen-bond acceptors (Lipinski definition) is 5. The average molecular weight is 369 g/mol. The molecule has 1 aromatic carbocycles. The minimum absolute atomic E-state index is 0.276. The Hall–Kier alpha value is -2.64. The van der Waals surface area contributed by atoms with Crippen LogP contribution in [0.3, 0.4) is 0 Å². The van der Waals surface area contributed by atoms with Crippen molar-refractivity contribution in [3.63, 3.8) is 0 Å². The standard InChI is InChI=1S/C18H15N3O2S2/c1-25(22,23)14-4-2-3-13(9-14)20-18-15-10-17(12-6-8-24-11-12)21-16(15)5-7-19-18/h2-11,21H,1H3,(H,19,20). The van der Waals surface area contributed by atoms with Gasteiger partial charge in [0.2, 0.25) is 0 Å². The third-order valence-electron chi connectivity index (χ3n) is 3.91. The van der Waals surface area contributed by atoms with E-state index in [0.29, 0.717) is 11.5 Å². The number of H-pyrrole nitrogens is 1. The molecule has 0 atom stereocenters. The summed E-state index contributed by atoms with van der Waals surface area (Å²) in [6, 6.07) is 12.8. The van der Waals surface area contributed by atoms with Crippen molar-refractivity contribution in [3.05, 3.63) is 59.4 Å². The van der Waals surface area contributed by atoms with Gasteiger partial charge in [-0.05, 0) is 41.8 Å².